The molecule has 2 heterocycles. The predicted octanol–water partition coefficient (Wildman–Crippen LogP) is 2.68. The summed E-state index contributed by atoms with van der Waals surface area (Å²) >= 11 is 0. The average Bonchev–Trinajstić information content (AvgIpc) is 2.99. The van der Waals surface area contributed by atoms with E-state index in [0.29, 0.717) is 5.75 Å². The van der Waals surface area contributed by atoms with Gasteiger partial charge in [-0.05, 0) is 19.1 Å². The molecule has 0 saturated carbocycles. The molecule has 0 spiro atoms. The van der Waals surface area contributed by atoms with Crippen LogP contribution in [-0.2, 0) is 9.84 Å². The van der Waals surface area contributed by atoms with Gasteiger partial charge in [0.25, 0.3) is 0 Å². The van der Waals surface area contributed by atoms with Crippen LogP contribution < -0.4 is 4.74 Å². The Morgan fingerprint density at radius 2 is 2.04 bits per heavy atom. The number of carbonyl (C=O) groups is 1. The normalized spacial score (nSPS) is 11.6. The van der Waals surface area contributed by atoms with Crippen molar-refractivity contribution >= 4 is 26.7 Å². The van der Waals surface area contributed by atoms with E-state index in [9.17, 15) is 18.3 Å². The molecule has 1 N–H and O–H groups in total. The van der Waals surface area contributed by atoms with Crippen LogP contribution in [0.3, 0.4) is 0 Å². The van der Waals surface area contributed by atoms with Gasteiger partial charge >= 0.3 is 5.97 Å². The molecule has 0 amide bonds. The third kappa shape index (κ3) is 2.31. The summed E-state index contributed by atoms with van der Waals surface area (Å²) in [5.74, 6) is -0.851. The first kappa shape index (κ1) is 16.0. The molecule has 0 unspecified atom stereocenters. The minimum atomic E-state index is -4.12. The van der Waals surface area contributed by atoms with Gasteiger partial charge in [-0.2, -0.15) is 0 Å². The van der Waals surface area contributed by atoms with Crippen molar-refractivity contribution in [3.8, 4) is 5.75 Å². The Hall–Kier alpha value is -2.87. The van der Waals surface area contributed by atoms with Crippen molar-refractivity contribution in [2.75, 3.05) is 7.11 Å². The fraction of sp³-hybridized carbons (Fsp3) is 0.125. The monoisotopic (exact) mass is 347 g/mol. The lowest BCUT2D eigenvalue weighted by molar-refractivity contribution is 0.0692. The molecule has 0 fully saturated rings. The largest absolute Gasteiger partial charge is 0.494 e. The van der Waals surface area contributed by atoms with Gasteiger partial charge in [0.15, 0.2) is 0 Å². The number of furan rings is 1. The van der Waals surface area contributed by atoms with Gasteiger partial charge in [-0.15, -0.1) is 0 Å². The van der Waals surface area contributed by atoms with Crippen LogP contribution in [-0.4, -0.2) is 31.6 Å². The maximum absolute atomic E-state index is 13.1. The number of fused-ring (bicyclic) bond motifs is 1. The Kier molecular flexibility index (Phi) is 3.76. The number of nitrogens with zero attached hydrogens (tertiary/aromatic N) is 1. The van der Waals surface area contributed by atoms with Gasteiger partial charge in [0, 0.05) is 11.6 Å². The number of methoxy groups -OCH3 is 1. The third-order valence-corrected chi connectivity index (χ3v) is 5.61. The van der Waals surface area contributed by atoms with E-state index < -0.39 is 21.4 Å². The van der Waals surface area contributed by atoms with E-state index in [1.54, 1.807) is 12.1 Å². The standard InChI is InChI=1S/C16H13NO6S/c1-9-13(6-7-23-9)24(20,21)15-10-4-3-5-12(22-2)14(10)17-8-11(15)16(18)19/h3-8H,1-2H3,(H,18,19). The van der Waals surface area contributed by atoms with Crippen molar-refractivity contribution in [2.24, 2.45) is 0 Å². The Balaban J connectivity index is 2.47. The Labute approximate surface area is 137 Å². The summed E-state index contributed by atoms with van der Waals surface area (Å²) in [4.78, 5) is 15.2. The van der Waals surface area contributed by atoms with Crippen molar-refractivity contribution in [3.05, 3.63) is 48.0 Å². The van der Waals surface area contributed by atoms with Gasteiger partial charge in [0.05, 0.1) is 23.8 Å². The highest BCUT2D eigenvalue weighted by atomic mass is 32.2. The van der Waals surface area contributed by atoms with Gasteiger partial charge in [0.1, 0.15) is 21.9 Å². The maximum Gasteiger partial charge on any atom is 0.338 e. The van der Waals surface area contributed by atoms with E-state index in [4.69, 9.17) is 9.15 Å². The van der Waals surface area contributed by atoms with Crippen LogP contribution in [0.1, 0.15) is 16.1 Å². The van der Waals surface area contributed by atoms with Crippen molar-refractivity contribution < 1.29 is 27.5 Å². The molecule has 1 aromatic carbocycles. The third-order valence-electron chi connectivity index (χ3n) is 3.63. The van der Waals surface area contributed by atoms with E-state index in [0.717, 1.165) is 6.20 Å². The first-order valence-electron chi connectivity index (χ1n) is 6.86. The molecule has 0 aliphatic rings. The summed E-state index contributed by atoms with van der Waals surface area (Å²) < 4.78 is 36.4. The molecule has 2 aromatic heterocycles. The van der Waals surface area contributed by atoms with Gasteiger partial charge in [-0.1, -0.05) is 12.1 Å². The van der Waals surface area contributed by atoms with Crippen LogP contribution in [0.5, 0.6) is 5.75 Å². The van der Waals surface area contributed by atoms with Crippen LogP contribution >= 0.6 is 0 Å². The molecule has 124 valence electrons. The smallest absolute Gasteiger partial charge is 0.338 e. The second-order valence-electron chi connectivity index (χ2n) is 5.01. The number of pyridine rings is 1. The molecule has 24 heavy (non-hydrogen) atoms. The zero-order valence-electron chi connectivity index (χ0n) is 12.8. The number of aromatic nitrogens is 1. The highest BCUT2D eigenvalue weighted by molar-refractivity contribution is 7.91. The zero-order valence-corrected chi connectivity index (χ0v) is 13.6. The molecule has 0 atom stereocenters. The lowest BCUT2D eigenvalue weighted by Gasteiger charge is -2.12. The first-order chi connectivity index (χ1) is 11.4. The molecule has 3 rings (SSSR count). The predicted molar refractivity (Wildman–Crippen MR) is 84.2 cm³/mol. The molecule has 0 bridgehead atoms. The highest BCUT2D eigenvalue weighted by Crippen LogP contribution is 2.35. The van der Waals surface area contributed by atoms with Crippen LogP contribution in [0, 0.1) is 6.92 Å². The van der Waals surface area contributed by atoms with E-state index in [1.165, 1.54) is 32.4 Å². The zero-order chi connectivity index (χ0) is 17.5. The van der Waals surface area contributed by atoms with Crippen LogP contribution in [0.2, 0.25) is 0 Å². The van der Waals surface area contributed by atoms with Gasteiger partial charge < -0.3 is 14.3 Å². The number of hydrogen-bond donors (Lipinski definition) is 1. The molecule has 0 saturated heterocycles. The number of carboxylic acids is 1. The Morgan fingerprint density at radius 3 is 2.62 bits per heavy atom. The molecular weight excluding hydrogens is 334 g/mol. The minimum Gasteiger partial charge on any atom is -0.494 e. The first-order valence-corrected chi connectivity index (χ1v) is 8.34. The molecular formula is C16H13NO6S. The van der Waals surface area contributed by atoms with Crippen LogP contribution in [0.15, 0.2) is 50.9 Å². The fourth-order valence-electron chi connectivity index (χ4n) is 2.54. The van der Waals surface area contributed by atoms with Crippen LogP contribution in [0.4, 0.5) is 0 Å². The van der Waals surface area contributed by atoms with Crippen molar-refractivity contribution in [2.45, 2.75) is 16.7 Å². The number of rotatable bonds is 4. The van der Waals surface area contributed by atoms with Crippen LogP contribution in [0.25, 0.3) is 10.9 Å². The summed E-state index contributed by atoms with van der Waals surface area (Å²) in [7, 11) is -2.70. The molecule has 7 nitrogen and oxygen atoms in total. The lowest BCUT2D eigenvalue weighted by Crippen LogP contribution is -2.11. The summed E-state index contributed by atoms with van der Waals surface area (Å²) in [6, 6.07) is 5.99. The SMILES string of the molecule is COc1cccc2c(S(=O)(=O)c3ccoc3C)c(C(=O)O)cnc12. The number of hydrogen-bond acceptors (Lipinski definition) is 6. The second-order valence-corrected chi connectivity index (χ2v) is 6.86. The number of aromatic carboxylic acids is 1. The molecule has 0 radical (unpaired) electrons. The molecule has 0 aliphatic heterocycles. The lowest BCUT2D eigenvalue weighted by atomic mass is 10.1. The summed E-state index contributed by atoms with van der Waals surface area (Å²) in [6.07, 6.45) is 2.27. The molecule has 3 aromatic rings. The average molecular weight is 347 g/mol. The summed E-state index contributed by atoms with van der Waals surface area (Å²) in [6.45, 7) is 1.50. The Bertz CT molecular complexity index is 1050. The molecule has 8 heteroatoms. The van der Waals surface area contributed by atoms with Crippen molar-refractivity contribution in [1.82, 2.24) is 4.98 Å². The Morgan fingerprint density at radius 1 is 1.29 bits per heavy atom. The van der Waals surface area contributed by atoms with E-state index in [-0.39, 0.29) is 26.5 Å². The summed E-state index contributed by atoms with van der Waals surface area (Å²) in [5.41, 5.74) is -0.138. The maximum atomic E-state index is 13.1. The number of carboxylic acid groups (broad SMARTS) is 1. The topological polar surface area (TPSA) is 107 Å². The fourth-order valence-corrected chi connectivity index (χ4v) is 4.31. The van der Waals surface area contributed by atoms with E-state index >= 15 is 0 Å². The van der Waals surface area contributed by atoms with E-state index in [1.807, 2.05) is 0 Å². The van der Waals surface area contributed by atoms with Crippen molar-refractivity contribution in [3.63, 3.8) is 0 Å². The number of ether oxygens (including phenoxy) is 1. The van der Waals surface area contributed by atoms with Crippen molar-refractivity contribution in [1.29, 1.82) is 0 Å². The van der Waals surface area contributed by atoms with Gasteiger partial charge in [-0.25, -0.2) is 13.2 Å². The highest BCUT2D eigenvalue weighted by Gasteiger charge is 2.30. The second kappa shape index (κ2) is 5.64. The number of aryl methyl sites for hydroxylation is 1. The van der Waals surface area contributed by atoms with Gasteiger partial charge in [-0.3, -0.25) is 4.98 Å². The number of para-hydroxylation sites is 1. The quantitative estimate of drug-likeness (QED) is 0.773. The number of sulfone groups is 1. The van der Waals surface area contributed by atoms with E-state index in [2.05, 4.69) is 4.98 Å². The van der Waals surface area contributed by atoms with Gasteiger partial charge in [0.2, 0.25) is 9.84 Å². The number of benzene rings is 1. The minimum absolute atomic E-state index is 0.0830. The molecule has 0 aliphatic carbocycles. The summed E-state index contributed by atoms with van der Waals surface area (Å²) in [5, 5.41) is 9.60.